The van der Waals surface area contributed by atoms with Crippen LogP contribution in [0.4, 0.5) is 0 Å². The van der Waals surface area contributed by atoms with Crippen molar-refractivity contribution in [1.82, 2.24) is 0 Å². The molecule has 66 heavy (non-hydrogen) atoms. The second-order valence-corrected chi connectivity index (χ2v) is 20.3. The largest absolute Gasteiger partial charge is 0.462 e. The summed E-state index contributed by atoms with van der Waals surface area (Å²) in [6, 6.07) is 0. The van der Waals surface area contributed by atoms with Gasteiger partial charge in [0.1, 0.15) is 6.61 Å². The van der Waals surface area contributed by atoms with E-state index in [1.54, 1.807) is 0 Å². The summed E-state index contributed by atoms with van der Waals surface area (Å²) in [6.07, 6.45) is 69.2. The highest BCUT2D eigenvalue weighted by atomic mass is 16.6. The Balaban J connectivity index is 4.21. The molecule has 390 valence electrons. The molecule has 0 radical (unpaired) electrons. The first-order valence-electron chi connectivity index (χ1n) is 29.9. The number of rotatable bonds is 56. The molecule has 0 aromatic heterocycles. The van der Waals surface area contributed by atoms with Gasteiger partial charge in [-0.2, -0.15) is 0 Å². The standard InChI is InChI=1S/C61H116O5/c1-4-7-10-13-16-19-22-25-28-30-31-32-34-36-39-42-45-48-51-54-60(62)65-58-59(57-64-56-53-50-47-44-41-38-35-29-26-23-20-17-14-11-8-5-2)66-61(63)55-52-49-46-43-40-37-33-27-24-21-18-15-12-9-6-3/h18,21,27,33,59H,4-17,19-20,22-26,28-32,34-58H2,1-3H3/b21-18-,33-27-. The molecule has 0 aliphatic heterocycles. The Morgan fingerprint density at radius 1 is 0.333 bits per heavy atom. The molecule has 0 aromatic carbocycles. The Labute approximate surface area is 413 Å². The predicted octanol–water partition coefficient (Wildman–Crippen LogP) is 20.4. The molecule has 0 rings (SSSR count). The van der Waals surface area contributed by atoms with E-state index in [1.807, 2.05) is 0 Å². The number of hydrogen-bond acceptors (Lipinski definition) is 5. The quantitative estimate of drug-likeness (QED) is 0.0345. The number of carbonyl (C=O) groups is 2. The third-order valence-corrected chi connectivity index (χ3v) is 13.5. The van der Waals surface area contributed by atoms with Gasteiger partial charge in [0, 0.05) is 19.4 Å². The molecule has 0 aromatic rings. The average molecular weight is 930 g/mol. The van der Waals surface area contributed by atoms with Gasteiger partial charge in [0.05, 0.1) is 6.61 Å². The van der Waals surface area contributed by atoms with E-state index in [-0.39, 0.29) is 18.5 Å². The minimum absolute atomic E-state index is 0.0881. The topological polar surface area (TPSA) is 61.8 Å². The molecule has 0 heterocycles. The minimum atomic E-state index is -0.536. The van der Waals surface area contributed by atoms with Gasteiger partial charge in [-0.3, -0.25) is 9.59 Å². The zero-order chi connectivity index (χ0) is 47.7. The van der Waals surface area contributed by atoms with Crippen LogP contribution in [0.25, 0.3) is 0 Å². The zero-order valence-corrected chi connectivity index (χ0v) is 45.0. The van der Waals surface area contributed by atoms with E-state index in [0.717, 1.165) is 51.4 Å². The van der Waals surface area contributed by atoms with Crippen LogP contribution in [0.3, 0.4) is 0 Å². The lowest BCUT2D eigenvalue weighted by Gasteiger charge is -2.18. The molecule has 5 heteroatoms. The van der Waals surface area contributed by atoms with E-state index >= 15 is 0 Å². The molecule has 0 aliphatic carbocycles. The summed E-state index contributed by atoms with van der Waals surface area (Å²) in [5.41, 5.74) is 0. The van der Waals surface area contributed by atoms with E-state index < -0.39 is 6.10 Å². The molecule has 0 aliphatic rings. The highest BCUT2D eigenvalue weighted by molar-refractivity contribution is 5.70. The fraction of sp³-hybridized carbons (Fsp3) is 0.902. The van der Waals surface area contributed by atoms with Crippen molar-refractivity contribution in [3.05, 3.63) is 24.3 Å². The fourth-order valence-corrected chi connectivity index (χ4v) is 9.01. The predicted molar refractivity (Wildman–Crippen MR) is 289 cm³/mol. The maximum absolute atomic E-state index is 12.9. The van der Waals surface area contributed by atoms with Gasteiger partial charge < -0.3 is 14.2 Å². The van der Waals surface area contributed by atoms with Crippen LogP contribution in [0.5, 0.6) is 0 Å². The van der Waals surface area contributed by atoms with Crippen molar-refractivity contribution in [3.8, 4) is 0 Å². The summed E-state index contributed by atoms with van der Waals surface area (Å²) in [5.74, 6) is -0.388. The Morgan fingerprint density at radius 3 is 1.03 bits per heavy atom. The van der Waals surface area contributed by atoms with E-state index in [1.165, 1.54) is 244 Å². The maximum atomic E-state index is 12.9. The maximum Gasteiger partial charge on any atom is 0.306 e. The summed E-state index contributed by atoms with van der Waals surface area (Å²) >= 11 is 0. The Morgan fingerprint density at radius 2 is 0.636 bits per heavy atom. The monoisotopic (exact) mass is 929 g/mol. The van der Waals surface area contributed by atoms with E-state index in [4.69, 9.17) is 14.2 Å². The molecular formula is C61H116O5. The molecule has 0 spiro atoms. The van der Waals surface area contributed by atoms with Crippen LogP contribution < -0.4 is 0 Å². The van der Waals surface area contributed by atoms with Crippen LogP contribution >= 0.6 is 0 Å². The van der Waals surface area contributed by atoms with Gasteiger partial charge >= 0.3 is 11.9 Å². The lowest BCUT2D eigenvalue weighted by molar-refractivity contribution is -0.163. The normalized spacial score (nSPS) is 12.2. The number of allylic oxidation sites excluding steroid dienone is 4. The molecule has 1 atom stereocenters. The Kier molecular flexibility index (Phi) is 56.3. The molecule has 0 N–H and O–H groups in total. The summed E-state index contributed by atoms with van der Waals surface area (Å²) < 4.78 is 17.5. The second-order valence-electron chi connectivity index (χ2n) is 20.3. The van der Waals surface area contributed by atoms with Crippen molar-refractivity contribution < 1.29 is 23.8 Å². The van der Waals surface area contributed by atoms with E-state index in [0.29, 0.717) is 26.1 Å². The molecule has 0 saturated heterocycles. The summed E-state index contributed by atoms with van der Waals surface area (Å²) in [6.45, 7) is 7.87. The average Bonchev–Trinajstić information content (AvgIpc) is 3.32. The number of unbranched alkanes of at least 4 members (excludes halogenated alkanes) is 41. The summed E-state index contributed by atoms with van der Waals surface area (Å²) in [4.78, 5) is 25.5. The number of hydrogen-bond donors (Lipinski definition) is 0. The van der Waals surface area contributed by atoms with Crippen molar-refractivity contribution in [3.63, 3.8) is 0 Å². The van der Waals surface area contributed by atoms with Gasteiger partial charge in [-0.05, 0) is 51.4 Å². The molecule has 0 amide bonds. The van der Waals surface area contributed by atoms with E-state index in [2.05, 4.69) is 45.1 Å². The van der Waals surface area contributed by atoms with Crippen LogP contribution in [-0.4, -0.2) is 37.9 Å². The van der Waals surface area contributed by atoms with Gasteiger partial charge in [-0.15, -0.1) is 0 Å². The Hall–Kier alpha value is -1.62. The lowest BCUT2D eigenvalue weighted by atomic mass is 10.0. The molecule has 0 bridgehead atoms. The molecule has 0 fully saturated rings. The van der Waals surface area contributed by atoms with Crippen molar-refractivity contribution in [2.24, 2.45) is 0 Å². The third-order valence-electron chi connectivity index (χ3n) is 13.5. The van der Waals surface area contributed by atoms with Gasteiger partial charge in [-0.1, -0.05) is 289 Å². The third kappa shape index (κ3) is 55.0. The highest BCUT2D eigenvalue weighted by Gasteiger charge is 2.17. The number of esters is 2. The first-order chi connectivity index (χ1) is 32.6. The molecule has 1 unspecified atom stereocenters. The number of carbonyl (C=O) groups excluding carboxylic acids is 2. The molecular weight excluding hydrogens is 813 g/mol. The van der Waals surface area contributed by atoms with Crippen LogP contribution in [0, 0.1) is 0 Å². The minimum Gasteiger partial charge on any atom is -0.462 e. The van der Waals surface area contributed by atoms with Gasteiger partial charge in [0.2, 0.25) is 0 Å². The van der Waals surface area contributed by atoms with Crippen molar-refractivity contribution in [1.29, 1.82) is 0 Å². The first-order valence-corrected chi connectivity index (χ1v) is 29.9. The van der Waals surface area contributed by atoms with Crippen molar-refractivity contribution in [2.75, 3.05) is 19.8 Å². The first kappa shape index (κ1) is 64.4. The lowest BCUT2D eigenvalue weighted by Crippen LogP contribution is -2.30. The summed E-state index contributed by atoms with van der Waals surface area (Å²) in [7, 11) is 0. The van der Waals surface area contributed by atoms with Crippen molar-refractivity contribution >= 4 is 11.9 Å². The smallest absolute Gasteiger partial charge is 0.306 e. The highest BCUT2D eigenvalue weighted by Crippen LogP contribution is 2.17. The molecule has 0 saturated carbocycles. The van der Waals surface area contributed by atoms with Crippen LogP contribution in [-0.2, 0) is 23.8 Å². The van der Waals surface area contributed by atoms with Crippen molar-refractivity contribution in [2.45, 2.75) is 335 Å². The van der Waals surface area contributed by atoms with Crippen LogP contribution in [0.2, 0.25) is 0 Å². The van der Waals surface area contributed by atoms with Gasteiger partial charge in [0.15, 0.2) is 6.10 Å². The van der Waals surface area contributed by atoms with Crippen LogP contribution in [0.15, 0.2) is 24.3 Å². The van der Waals surface area contributed by atoms with Gasteiger partial charge in [0.25, 0.3) is 0 Å². The SMILES string of the molecule is CCCCC/C=C\C/C=C\CCCCCCCC(=O)OC(COCCCCCCCCCCCCCCCCCC)COC(=O)CCCCCCCCCCCCCCCCCCCCC. The fourth-order valence-electron chi connectivity index (χ4n) is 9.01. The Bertz CT molecular complexity index is 1010. The number of ether oxygens (including phenoxy) is 3. The van der Waals surface area contributed by atoms with E-state index in [9.17, 15) is 9.59 Å². The zero-order valence-electron chi connectivity index (χ0n) is 45.0. The second kappa shape index (κ2) is 57.7. The molecule has 5 nitrogen and oxygen atoms in total. The summed E-state index contributed by atoms with van der Waals surface area (Å²) in [5, 5.41) is 0. The van der Waals surface area contributed by atoms with Crippen LogP contribution in [0.1, 0.15) is 329 Å². The van der Waals surface area contributed by atoms with Gasteiger partial charge in [-0.25, -0.2) is 0 Å².